The largest absolute Gasteiger partial charge is 0.336 e. The molecular formula is C18H19N3O3S. The molecule has 0 spiro atoms. The highest BCUT2D eigenvalue weighted by molar-refractivity contribution is 7.09. The number of thiophene rings is 1. The standard InChI is InChI=1S/C18H19N3O3S/c22-16-5-6-17(23)21(16)13-18(24)20(9-7-15-4-2-10-25-15)12-14-3-1-8-19-11-14/h1-4,8,10-11H,5-7,9,12-13H2. The highest BCUT2D eigenvalue weighted by atomic mass is 32.1. The van der Waals surface area contributed by atoms with E-state index in [0.29, 0.717) is 13.1 Å². The molecule has 1 saturated heterocycles. The molecule has 0 saturated carbocycles. The number of likely N-dealkylation sites (tertiary alicyclic amines) is 1. The Morgan fingerprint density at radius 3 is 2.64 bits per heavy atom. The lowest BCUT2D eigenvalue weighted by atomic mass is 10.2. The Hall–Kier alpha value is -2.54. The first-order chi connectivity index (χ1) is 12.1. The van der Waals surface area contributed by atoms with Crippen molar-refractivity contribution < 1.29 is 14.4 Å². The predicted octanol–water partition coefficient (Wildman–Crippen LogP) is 1.86. The van der Waals surface area contributed by atoms with Gasteiger partial charge in [-0.3, -0.25) is 24.3 Å². The van der Waals surface area contributed by atoms with Crippen molar-refractivity contribution in [1.29, 1.82) is 0 Å². The van der Waals surface area contributed by atoms with E-state index in [1.54, 1.807) is 28.6 Å². The number of imide groups is 1. The first kappa shape index (κ1) is 17.3. The number of aromatic nitrogens is 1. The highest BCUT2D eigenvalue weighted by Gasteiger charge is 2.31. The first-order valence-electron chi connectivity index (χ1n) is 8.16. The van der Waals surface area contributed by atoms with E-state index in [2.05, 4.69) is 4.98 Å². The van der Waals surface area contributed by atoms with Crippen LogP contribution in [0.1, 0.15) is 23.3 Å². The lowest BCUT2D eigenvalue weighted by Crippen LogP contribution is -2.42. The smallest absolute Gasteiger partial charge is 0.243 e. The number of rotatable bonds is 7. The Morgan fingerprint density at radius 2 is 2.00 bits per heavy atom. The number of carbonyl (C=O) groups is 3. The summed E-state index contributed by atoms with van der Waals surface area (Å²) in [5, 5.41) is 2.00. The molecule has 7 heteroatoms. The van der Waals surface area contributed by atoms with E-state index in [1.165, 1.54) is 4.88 Å². The maximum absolute atomic E-state index is 12.7. The maximum Gasteiger partial charge on any atom is 0.243 e. The zero-order valence-corrected chi connectivity index (χ0v) is 14.6. The molecule has 0 atom stereocenters. The monoisotopic (exact) mass is 357 g/mol. The minimum atomic E-state index is -0.266. The molecule has 130 valence electrons. The van der Waals surface area contributed by atoms with Gasteiger partial charge in [0, 0.05) is 43.2 Å². The lowest BCUT2D eigenvalue weighted by molar-refractivity contribution is -0.145. The molecule has 6 nitrogen and oxygen atoms in total. The summed E-state index contributed by atoms with van der Waals surface area (Å²) >= 11 is 1.65. The second-order valence-electron chi connectivity index (χ2n) is 5.88. The Balaban J connectivity index is 1.68. The van der Waals surface area contributed by atoms with Crippen molar-refractivity contribution in [2.75, 3.05) is 13.1 Å². The van der Waals surface area contributed by atoms with Gasteiger partial charge in [-0.15, -0.1) is 11.3 Å². The summed E-state index contributed by atoms with van der Waals surface area (Å²) in [5.41, 5.74) is 0.918. The molecule has 2 aromatic heterocycles. The van der Waals surface area contributed by atoms with Crippen LogP contribution in [0.15, 0.2) is 42.0 Å². The fraction of sp³-hybridized carbons (Fsp3) is 0.333. The van der Waals surface area contributed by atoms with Crippen molar-refractivity contribution >= 4 is 29.1 Å². The minimum absolute atomic E-state index is 0.178. The number of nitrogens with zero attached hydrogens (tertiary/aromatic N) is 3. The maximum atomic E-state index is 12.7. The van der Waals surface area contributed by atoms with Crippen LogP contribution in [0.2, 0.25) is 0 Å². The third-order valence-electron chi connectivity index (χ3n) is 4.11. The molecule has 0 aliphatic carbocycles. The van der Waals surface area contributed by atoms with E-state index >= 15 is 0 Å². The van der Waals surface area contributed by atoms with Gasteiger partial charge in [0.2, 0.25) is 17.7 Å². The first-order valence-corrected chi connectivity index (χ1v) is 9.03. The minimum Gasteiger partial charge on any atom is -0.336 e. The van der Waals surface area contributed by atoms with Gasteiger partial charge >= 0.3 is 0 Å². The average Bonchev–Trinajstić information content (AvgIpc) is 3.24. The molecule has 0 unspecified atom stereocenters. The van der Waals surface area contributed by atoms with Crippen LogP contribution >= 0.6 is 11.3 Å². The summed E-state index contributed by atoms with van der Waals surface area (Å²) in [6.07, 6.45) is 4.54. The van der Waals surface area contributed by atoms with Crippen molar-refractivity contribution in [3.8, 4) is 0 Å². The zero-order chi connectivity index (χ0) is 17.6. The molecule has 0 N–H and O–H groups in total. The Labute approximate surface area is 150 Å². The van der Waals surface area contributed by atoms with E-state index in [1.807, 2.05) is 29.6 Å². The van der Waals surface area contributed by atoms with Crippen LogP contribution in [0.25, 0.3) is 0 Å². The van der Waals surface area contributed by atoms with E-state index in [4.69, 9.17) is 0 Å². The molecule has 3 amide bonds. The number of pyridine rings is 1. The van der Waals surface area contributed by atoms with E-state index in [-0.39, 0.29) is 37.1 Å². The normalized spacial score (nSPS) is 14.2. The van der Waals surface area contributed by atoms with Crippen LogP contribution < -0.4 is 0 Å². The fourth-order valence-electron chi connectivity index (χ4n) is 2.74. The fourth-order valence-corrected chi connectivity index (χ4v) is 3.44. The van der Waals surface area contributed by atoms with Gasteiger partial charge in [-0.25, -0.2) is 0 Å². The van der Waals surface area contributed by atoms with Gasteiger partial charge in [-0.05, 0) is 29.5 Å². The van der Waals surface area contributed by atoms with Gasteiger partial charge in [0.05, 0.1) is 0 Å². The van der Waals surface area contributed by atoms with Gasteiger partial charge in [0.1, 0.15) is 6.54 Å². The van der Waals surface area contributed by atoms with Crippen molar-refractivity contribution in [2.24, 2.45) is 0 Å². The number of hydrogen-bond acceptors (Lipinski definition) is 5. The van der Waals surface area contributed by atoms with Crippen LogP contribution in [0.4, 0.5) is 0 Å². The third kappa shape index (κ3) is 4.51. The molecule has 3 heterocycles. The van der Waals surface area contributed by atoms with E-state index in [9.17, 15) is 14.4 Å². The van der Waals surface area contributed by atoms with E-state index < -0.39 is 0 Å². The lowest BCUT2D eigenvalue weighted by Gasteiger charge is -2.25. The number of hydrogen-bond donors (Lipinski definition) is 0. The van der Waals surface area contributed by atoms with Gasteiger partial charge in [-0.1, -0.05) is 12.1 Å². The Morgan fingerprint density at radius 1 is 1.20 bits per heavy atom. The molecule has 3 rings (SSSR count). The summed E-state index contributed by atoms with van der Waals surface area (Å²) in [6, 6.07) is 7.75. The van der Waals surface area contributed by atoms with Crippen molar-refractivity contribution in [3.63, 3.8) is 0 Å². The van der Waals surface area contributed by atoms with Crippen molar-refractivity contribution in [1.82, 2.24) is 14.8 Å². The molecule has 0 radical (unpaired) electrons. The van der Waals surface area contributed by atoms with Crippen LogP contribution in [0.5, 0.6) is 0 Å². The van der Waals surface area contributed by atoms with E-state index in [0.717, 1.165) is 16.9 Å². The quantitative estimate of drug-likeness (QED) is 0.709. The molecule has 1 fully saturated rings. The molecular weight excluding hydrogens is 338 g/mol. The Kier molecular flexibility index (Phi) is 5.55. The summed E-state index contributed by atoms with van der Waals surface area (Å²) < 4.78 is 0. The van der Waals surface area contributed by atoms with Crippen LogP contribution in [-0.2, 0) is 27.3 Å². The summed E-state index contributed by atoms with van der Waals surface area (Å²) in [6.45, 7) is 0.765. The second-order valence-corrected chi connectivity index (χ2v) is 6.91. The van der Waals surface area contributed by atoms with Gasteiger partial charge in [-0.2, -0.15) is 0 Å². The van der Waals surface area contributed by atoms with Crippen LogP contribution in [-0.4, -0.2) is 45.6 Å². The molecule has 2 aromatic rings. The molecule has 25 heavy (non-hydrogen) atoms. The predicted molar refractivity (Wildman–Crippen MR) is 93.6 cm³/mol. The average molecular weight is 357 g/mol. The SMILES string of the molecule is O=C(CN1C(=O)CCC1=O)N(CCc1cccs1)Cc1cccnc1. The van der Waals surface area contributed by atoms with Gasteiger partial charge in [0.15, 0.2) is 0 Å². The molecule has 1 aliphatic heterocycles. The van der Waals surface area contributed by atoms with Crippen molar-refractivity contribution in [3.05, 3.63) is 52.5 Å². The summed E-state index contributed by atoms with van der Waals surface area (Å²) in [4.78, 5) is 44.3. The Bertz CT molecular complexity index is 730. The molecule has 1 aliphatic rings. The molecule has 0 bridgehead atoms. The highest BCUT2D eigenvalue weighted by Crippen LogP contribution is 2.14. The summed E-state index contributed by atoms with van der Waals surface area (Å²) in [5.74, 6) is -0.750. The second kappa shape index (κ2) is 8.02. The van der Waals surface area contributed by atoms with Crippen molar-refractivity contribution in [2.45, 2.75) is 25.8 Å². The van der Waals surface area contributed by atoms with Crippen LogP contribution in [0, 0.1) is 0 Å². The third-order valence-corrected chi connectivity index (χ3v) is 5.04. The van der Waals surface area contributed by atoms with Crippen LogP contribution in [0.3, 0.4) is 0 Å². The number of carbonyl (C=O) groups excluding carboxylic acids is 3. The molecule has 0 aromatic carbocycles. The van der Waals surface area contributed by atoms with Gasteiger partial charge in [0.25, 0.3) is 0 Å². The number of amides is 3. The topological polar surface area (TPSA) is 70.6 Å². The zero-order valence-electron chi connectivity index (χ0n) is 13.8. The summed E-state index contributed by atoms with van der Waals surface area (Å²) in [7, 11) is 0. The van der Waals surface area contributed by atoms with Gasteiger partial charge < -0.3 is 4.90 Å².